The van der Waals surface area contributed by atoms with Gasteiger partial charge in [-0.05, 0) is 6.07 Å². The average Bonchev–Trinajstić information content (AvgIpc) is 2.00. The predicted octanol–water partition coefficient (Wildman–Crippen LogP) is -3.71. The molecule has 0 aliphatic heterocycles. The Hall–Kier alpha value is -0.164. The summed E-state index contributed by atoms with van der Waals surface area (Å²) in [6, 6.07) is 1.46. The van der Waals surface area contributed by atoms with Gasteiger partial charge in [-0.3, -0.25) is 4.55 Å². The number of carbonyl (C=O) groups is 1. The van der Waals surface area contributed by atoms with E-state index in [4.69, 9.17) is 15.4 Å². The molecule has 9 heteroatoms. The molecule has 0 amide bonds. The molecule has 16 heavy (non-hydrogen) atoms. The van der Waals surface area contributed by atoms with Gasteiger partial charge in [-0.25, -0.2) is 4.79 Å². The summed E-state index contributed by atoms with van der Waals surface area (Å²) in [5, 5.41) is 19.6. The first-order chi connectivity index (χ1) is 6.75. The number of aromatic carboxylic acids is 1. The summed E-state index contributed by atoms with van der Waals surface area (Å²) < 4.78 is 30.1. The van der Waals surface area contributed by atoms with Crippen LogP contribution in [0.4, 0.5) is 5.69 Å². The maximum absolute atomic E-state index is 11.0. The second-order valence-electron chi connectivity index (χ2n) is 2.63. The van der Waals surface area contributed by atoms with Crippen molar-refractivity contribution in [3.63, 3.8) is 0 Å². The molecule has 0 saturated heterocycles. The van der Waals surface area contributed by atoms with Crippen molar-refractivity contribution in [2.45, 2.75) is 4.90 Å². The zero-order valence-corrected chi connectivity index (χ0v) is 12.1. The summed E-state index contributed by atoms with van der Waals surface area (Å²) in [4.78, 5) is 9.77. The molecule has 1 rings (SSSR count). The van der Waals surface area contributed by atoms with Gasteiger partial charge < -0.3 is 15.9 Å². The van der Waals surface area contributed by atoms with Gasteiger partial charge in [0.15, 0.2) is 0 Å². The Morgan fingerprint density at radius 3 is 2.25 bits per heavy atom. The summed E-state index contributed by atoms with van der Waals surface area (Å²) in [6.45, 7) is 0. The van der Waals surface area contributed by atoms with Crippen molar-refractivity contribution in [2.75, 3.05) is 5.73 Å². The molecule has 1 aromatic rings. The van der Waals surface area contributed by atoms with Crippen LogP contribution in [0.3, 0.4) is 0 Å². The molecule has 0 saturated carbocycles. The van der Waals surface area contributed by atoms with E-state index in [2.05, 4.69) is 0 Å². The van der Waals surface area contributed by atoms with Crippen LogP contribution in [0, 0.1) is 0 Å². The van der Waals surface area contributed by atoms with Crippen LogP contribution in [0.2, 0.25) is 0 Å². The summed E-state index contributed by atoms with van der Waals surface area (Å²) in [5.41, 5.74) is 3.51. The van der Waals surface area contributed by atoms with Gasteiger partial charge in [0.25, 0.3) is 10.1 Å². The number of carboxylic acid groups (broad SMARTS) is 1. The van der Waals surface area contributed by atoms with Gasteiger partial charge in [0.2, 0.25) is 0 Å². The van der Waals surface area contributed by atoms with Gasteiger partial charge in [0.05, 0.1) is 11.3 Å². The van der Waals surface area contributed by atoms with Gasteiger partial charge in [0, 0.05) is 0 Å². The summed E-state index contributed by atoms with van der Waals surface area (Å²) in [7, 11) is -4.63. The average molecular weight is 271 g/mol. The summed E-state index contributed by atoms with van der Waals surface area (Å²) >= 11 is 0. The Bertz CT molecular complexity index is 526. The van der Waals surface area contributed by atoms with Gasteiger partial charge >= 0.3 is 57.4 Å². The Kier molecular flexibility index (Phi) is 5.39. The first-order valence-electron chi connectivity index (χ1n) is 3.55. The fourth-order valence-corrected chi connectivity index (χ4v) is 1.65. The van der Waals surface area contributed by atoms with E-state index in [0.717, 1.165) is 6.07 Å². The van der Waals surface area contributed by atoms with E-state index in [0.29, 0.717) is 6.07 Å². The second-order valence-corrected chi connectivity index (χ2v) is 4.02. The fraction of sp³-hybridized carbons (Fsp3) is 0. The fourth-order valence-electron chi connectivity index (χ4n) is 1.03. The Labute approximate surface area is 133 Å². The summed E-state index contributed by atoms with van der Waals surface area (Å²) in [6.07, 6.45) is 0. The predicted molar refractivity (Wildman–Crippen MR) is 47.1 cm³/mol. The molecule has 0 radical (unpaired) electrons. The van der Waals surface area contributed by atoms with Gasteiger partial charge in [-0.15, -0.1) is 0 Å². The van der Waals surface area contributed by atoms with Gasteiger partial charge in [-0.2, -0.15) is 8.42 Å². The van der Waals surface area contributed by atoms with Crippen molar-refractivity contribution < 1.29 is 79.4 Å². The molecule has 0 bridgehead atoms. The summed E-state index contributed by atoms with van der Waals surface area (Å²) in [5.74, 6) is -2.57. The first-order valence-corrected chi connectivity index (χ1v) is 4.99. The van der Waals surface area contributed by atoms with Crippen LogP contribution in [0.1, 0.15) is 10.4 Å². The second kappa shape index (κ2) is 5.45. The Balaban J connectivity index is 0.00000225. The number of rotatable bonds is 2. The number of nitrogen functional groups attached to an aromatic ring is 1. The topological polar surface area (TPSA) is 141 Å². The molecule has 0 aliphatic rings. The Morgan fingerprint density at radius 1 is 1.38 bits per heavy atom. The third-order valence-electron chi connectivity index (χ3n) is 1.66. The van der Waals surface area contributed by atoms with E-state index < -0.39 is 38.0 Å². The monoisotopic (exact) mass is 271 g/mol. The van der Waals surface area contributed by atoms with E-state index in [9.17, 15) is 18.3 Å². The normalized spacial score (nSPS) is 10.6. The molecule has 0 aromatic heterocycles. The molecule has 4 N–H and O–H groups in total. The molecule has 1 aromatic carbocycles. The van der Waals surface area contributed by atoms with Gasteiger partial charge in [0.1, 0.15) is 4.90 Å². The van der Waals surface area contributed by atoms with Crippen molar-refractivity contribution in [1.29, 1.82) is 0 Å². The first kappa shape index (κ1) is 15.8. The molecule has 0 heterocycles. The maximum Gasteiger partial charge on any atom is 1.00 e. The van der Waals surface area contributed by atoms with Crippen LogP contribution < -0.4 is 62.2 Å². The van der Waals surface area contributed by atoms with E-state index >= 15 is 0 Å². The van der Waals surface area contributed by atoms with Crippen LogP contribution in [0.25, 0.3) is 0 Å². The van der Waals surface area contributed by atoms with E-state index in [1.54, 1.807) is 0 Å². The number of benzene rings is 1. The number of anilines is 1. The SMILES string of the molecule is Nc1c(S(=O)(=O)O)ccc([O-])c1C(=O)O.[K+]. The van der Waals surface area contributed by atoms with Crippen molar-refractivity contribution in [2.24, 2.45) is 0 Å². The van der Waals surface area contributed by atoms with E-state index in [1.807, 2.05) is 0 Å². The largest absolute Gasteiger partial charge is 1.00 e. The Morgan fingerprint density at radius 2 is 1.88 bits per heavy atom. The molecule has 0 spiro atoms. The minimum Gasteiger partial charge on any atom is -0.872 e. The standard InChI is InChI=1S/C7H7NO6S.K/c8-6-4(15(12,13)14)2-1-3(9)5(6)7(10)11;/h1-2,9H,8H2,(H,10,11)(H,12,13,14);/q;+1/p-1. The molecule has 0 fully saturated rings. The number of nitrogens with two attached hydrogens (primary N) is 1. The van der Waals surface area contributed by atoms with Crippen LogP contribution >= 0.6 is 0 Å². The number of carboxylic acids is 1. The third kappa shape index (κ3) is 3.17. The minimum atomic E-state index is -4.63. The van der Waals surface area contributed by atoms with E-state index in [-0.39, 0.29) is 51.4 Å². The van der Waals surface area contributed by atoms with Crippen molar-refractivity contribution in [3.8, 4) is 5.75 Å². The van der Waals surface area contributed by atoms with E-state index in [1.165, 1.54) is 0 Å². The smallest absolute Gasteiger partial charge is 0.872 e. The zero-order valence-electron chi connectivity index (χ0n) is 8.17. The number of hydrogen-bond donors (Lipinski definition) is 3. The number of hydrogen-bond acceptors (Lipinski definition) is 5. The van der Waals surface area contributed by atoms with Crippen LogP contribution in [-0.2, 0) is 10.1 Å². The van der Waals surface area contributed by atoms with Crippen LogP contribution in [0.5, 0.6) is 5.75 Å². The zero-order chi connectivity index (χ0) is 11.8. The molecule has 0 atom stereocenters. The molecular formula is C7H6KNO6S. The molecule has 82 valence electrons. The molecular weight excluding hydrogens is 265 g/mol. The van der Waals surface area contributed by atoms with Crippen molar-refractivity contribution >= 4 is 21.8 Å². The molecule has 7 nitrogen and oxygen atoms in total. The van der Waals surface area contributed by atoms with Gasteiger partial charge in [-0.1, -0.05) is 11.8 Å². The van der Waals surface area contributed by atoms with Crippen molar-refractivity contribution in [1.82, 2.24) is 0 Å². The van der Waals surface area contributed by atoms with Crippen molar-refractivity contribution in [3.05, 3.63) is 17.7 Å². The van der Waals surface area contributed by atoms with Crippen LogP contribution in [-0.4, -0.2) is 24.0 Å². The third-order valence-corrected chi connectivity index (χ3v) is 2.57. The maximum atomic E-state index is 11.0. The quantitative estimate of drug-likeness (QED) is 0.285. The van der Waals surface area contributed by atoms with Crippen LogP contribution in [0.15, 0.2) is 17.0 Å². The molecule has 0 unspecified atom stereocenters. The minimum absolute atomic E-state index is 0. The molecule has 0 aliphatic carbocycles.